The summed E-state index contributed by atoms with van der Waals surface area (Å²) in [4.78, 5) is 6.97. The Balaban J connectivity index is 2.77. The molecule has 12 heavy (non-hydrogen) atoms. The second kappa shape index (κ2) is 4.16. The number of anilines is 1. The van der Waals surface area contributed by atoms with E-state index in [-0.39, 0.29) is 0 Å². The van der Waals surface area contributed by atoms with Crippen LogP contribution < -0.4 is 5.73 Å². The van der Waals surface area contributed by atoms with Gasteiger partial charge in [0, 0.05) is 12.7 Å². The van der Waals surface area contributed by atoms with E-state index in [4.69, 9.17) is 17.3 Å². The fourth-order valence-electron chi connectivity index (χ4n) is 0.857. The number of aromatic nitrogens is 1. The van der Waals surface area contributed by atoms with Crippen molar-refractivity contribution in [1.82, 2.24) is 4.98 Å². The number of hydrogen-bond acceptors (Lipinski definition) is 2. The molecule has 66 valence electrons. The second-order valence-corrected chi connectivity index (χ2v) is 2.84. The quantitative estimate of drug-likeness (QED) is 0.696. The molecule has 0 bridgehead atoms. The molecule has 0 atom stereocenters. The van der Waals surface area contributed by atoms with Gasteiger partial charge in [0.05, 0.1) is 5.56 Å². The zero-order chi connectivity index (χ0) is 8.97. The minimum atomic E-state index is 0.482. The topological polar surface area (TPSA) is 54.2 Å². The molecule has 0 unspecified atom stereocenters. The highest BCUT2D eigenvalue weighted by atomic mass is 35.5. The summed E-state index contributed by atoms with van der Waals surface area (Å²) in [6.45, 7) is 2.79. The molecule has 3 N–H and O–H groups in total. The van der Waals surface area contributed by atoms with Gasteiger partial charge in [-0.25, -0.2) is 0 Å². The molecule has 0 fully saturated rings. The van der Waals surface area contributed by atoms with Crippen LogP contribution >= 0.6 is 11.6 Å². The number of hydrogen-bond donors (Lipinski definition) is 2. The fraction of sp³-hybridized carbons (Fsp3) is 0.375. The van der Waals surface area contributed by atoms with Crippen LogP contribution in [-0.2, 0) is 0 Å². The lowest BCUT2D eigenvalue weighted by atomic mass is 10.3. The van der Waals surface area contributed by atoms with E-state index >= 15 is 0 Å². The van der Waals surface area contributed by atoms with Crippen molar-refractivity contribution in [2.75, 3.05) is 12.3 Å². The van der Waals surface area contributed by atoms with E-state index in [1.807, 2.05) is 13.0 Å². The first-order chi connectivity index (χ1) is 5.75. The van der Waals surface area contributed by atoms with E-state index in [9.17, 15) is 0 Å². The number of nitrogen functional groups attached to an aromatic ring is 1. The van der Waals surface area contributed by atoms with Gasteiger partial charge in [-0.1, -0.05) is 18.5 Å². The Labute approximate surface area is 76.6 Å². The maximum Gasteiger partial charge on any atom is 0.134 e. The van der Waals surface area contributed by atoms with Crippen LogP contribution in [0.3, 0.4) is 0 Å². The Hall–Kier alpha value is -0.960. The average Bonchev–Trinajstić information content (AvgIpc) is 2.47. The lowest BCUT2D eigenvalue weighted by Gasteiger charge is -1.95. The third-order valence-corrected chi connectivity index (χ3v) is 1.80. The monoisotopic (exact) mass is 185 g/mol. The smallest absolute Gasteiger partial charge is 0.134 e. The third kappa shape index (κ3) is 2.01. The molecule has 0 aliphatic rings. The lowest BCUT2D eigenvalue weighted by molar-refractivity contribution is 0.935. The van der Waals surface area contributed by atoms with Crippen LogP contribution in [0.25, 0.3) is 0 Å². The van der Waals surface area contributed by atoms with Crippen LogP contribution in [0.15, 0.2) is 17.3 Å². The Kier molecular flexibility index (Phi) is 3.17. The number of rotatable bonds is 3. The molecule has 0 amide bonds. The summed E-state index contributed by atoms with van der Waals surface area (Å²) in [5.74, 6) is 0.569. The molecular weight excluding hydrogens is 174 g/mol. The fourth-order valence-corrected chi connectivity index (χ4v) is 1.11. The number of nitrogens with two attached hydrogens (primary N) is 1. The van der Waals surface area contributed by atoms with Gasteiger partial charge in [0.2, 0.25) is 0 Å². The highest BCUT2D eigenvalue weighted by Gasteiger charge is 2.03. The summed E-state index contributed by atoms with van der Waals surface area (Å²) in [5, 5.41) is 0.482. The van der Waals surface area contributed by atoms with Crippen LogP contribution in [0.2, 0.25) is 0 Å². The van der Waals surface area contributed by atoms with Gasteiger partial charge in [-0.3, -0.25) is 4.99 Å². The largest absolute Gasteiger partial charge is 0.385 e. The van der Waals surface area contributed by atoms with E-state index in [1.54, 1.807) is 6.20 Å². The SMILES string of the molecule is CCC/N=C(/Cl)c1cc[nH]c1N. The number of aliphatic imine (C=N–C) groups is 1. The van der Waals surface area contributed by atoms with Gasteiger partial charge in [0.1, 0.15) is 11.0 Å². The highest BCUT2D eigenvalue weighted by Crippen LogP contribution is 2.12. The van der Waals surface area contributed by atoms with Crippen LogP contribution in [-0.4, -0.2) is 16.7 Å². The van der Waals surface area contributed by atoms with Crippen molar-refractivity contribution in [2.45, 2.75) is 13.3 Å². The molecule has 0 saturated heterocycles. The van der Waals surface area contributed by atoms with Gasteiger partial charge < -0.3 is 10.7 Å². The first kappa shape index (κ1) is 9.13. The predicted molar refractivity (Wildman–Crippen MR) is 52.8 cm³/mol. The Morgan fingerprint density at radius 1 is 1.75 bits per heavy atom. The normalized spacial score (nSPS) is 12.0. The van der Waals surface area contributed by atoms with Gasteiger partial charge in [0.25, 0.3) is 0 Å². The molecule has 0 aliphatic carbocycles. The molecule has 0 aliphatic heterocycles. The van der Waals surface area contributed by atoms with Crippen molar-refractivity contribution < 1.29 is 0 Å². The molecule has 4 heteroatoms. The Morgan fingerprint density at radius 3 is 3.00 bits per heavy atom. The molecule has 0 saturated carbocycles. The number of aromatic amines is 1. The zero-order valence-electron chi connectivity index (χ0n) is 6.97. The van der Waals surface area contributed by atoms with Crippen molar-refractivity contribution >= 4 is 22.6 Å². The first-order valence-electron chi connectivity index (χ1n) is 3.89. The Bertz CT molecular complexity index is 278. The Morgan fingerprint density at radius 2 is 2.50 bits per heavy atom. The van der Waals surface area contributed by atoms with E-state index in [0.29, 0.717) is 11.0 Å². The molecule has 0 spiro atoms. The van der Waals surface area contributed by atoms with Gasteiger partial charge in [-0.05, 0) is 12.5 Å². The van der Waals surface area contributed by atoms with Crippen LogP contribution in [0.5, 0.6) is 0 Å². The highest BCUT2D eigenvalue weighted by molar-refractivity contribution is 6.70. The maximum atomic E-state index is 5.88. The average molecular weight is 186 g/mol. The van der Waals surface area contributed by atoms with E-state index in [2.05, 4.69) is 9.98 Å². The van der Waals surface area contributed by atoms with Gasteiger partial charge in [-0.15, -0.1) is 0 Å². The van der Waals surface area contributed by atoms with Crippen LogP contribution in [0, 0.1) is 0 Å². The van der Waals surface area contributed by atoms with Gasteiger partial charge >= 0.3 is 0 Å². The predicted octanol–water partition coefficient (Wildman–Crippen LogP) is 1.99. The summed E-state index contributed by atoms with van der Waals surface area (Å²) in [6, 6.07) is 1.82. The molecule has 1 heterocycles. The van der Waals surface area contributed by atoms with Crippen molar-refractivity contribution in [3.63, 3.8) is 0 Å². The summed E-state index contributed by atoms with van der Waals surface area (Å²) in [5.41, 5.74) is 6.37. The summed E-state index contributed by atoms with van der Waals surface area (Å²) in [6.07, 6.45) is 2.73. The van der Waals surface area contributed by atoms with E-state index in [1.165, 1.54) is 0 Å². The summed E-state index contributed by atoms with van der Waals surface area (Å²) >= 11 is 5.88. The molecular formula is C8H12ClN3. The van der Waals surface area contributed by atoms with Crippen molar-refractivity contribution in [1.29, 1.82) is 0 Å². The summed E-state index contributed by atoms with van der Waals surface area (Å²) in [7, 11) is 0. The zero-order valence-corrected chi connectivity index (χ0v) is 7.73. The van der Waals surface area contributed by atoms with Crippen molar-refractivity contribution in [3.05, 3.63) is 17.8 Å². The lowest BCUT2D eigenvalue weighted by Crippen LogP contribution is -1.96. The minimum absolute atomic E-state index is 0.482. The van der Waals surface area contributed by atoms with Gasteiger partial charge in [0.15, 0.2) is 0 Å². The van der Waals surface area contributed by atoms with Crippen LogP contribution in [0.4, 0.5) is 5.82 Å². The number of nitrogens with zero attached hydrogens (tertiary/aromatic N) is 1. The van der Waals surface area contributed by atoms with E-state index < -0.39 is 0 Å². The standard InChI is InChI=1S/C8H12ClN3/c1-2-4-11-7(9)6-3-5-12-8(6)10/h3,5,12H,2,4,10H2,1H3/b11-7+. The molecule has 0 radical (unpaired) electrons. The van der Waals surface area contributed by atoms with Crippen molar-refractivity contribution in [2.24, 2.45) is 4.99 Å². The number of nitrogens with one attached hydrogen (secondary N) is 1. The van der Waals surface area contributed by atoms with Crippen molar-refractivity contribution in [3.8, 4) is 0 Å². The molecule has 1 rings (SSSR count). The molecule has 0 aromatic carbocycles. The molecule has 1 aromatic heterocycles. The van der Waals surface area contributed by atoms with Crippen LogP contribution in [0.1, 0.15) is 18.9 Å². The third-order valence-electron chi connectivity index (χ3n) is 1.48. The second-order valence-electron chi connectivity index (χ2n) is 2.48. The first-order valence-corrected chi connectivity index (χ1v) is 4.26. The van der Waals surface area contributed by atoms with Gasteiger partial charge in [-0.2, -0.15) is 0 Å². The number of H-pyrrole nitrogens is 1. The minimum Gasteiger partial charge on any atom is -0.385 e. The molecule has 3 nitrogen and oxygen atoms in total. The molecule has 1 aromatic rings. The summed E-state index contributed by atoms with van der Waals surface area (Å²) < 4.78 is 0. The maximum absolute atomic E-state index is 5.88. The number of halogens is 1. The van der Waals surface area contributed by atoms with E-state index in [0.717, 1.165) is 18.5 Å².